The summed E-state index contributed by atoms with van der Waals surface area (Å²) in [6, 6.07) is 0.402. The second-order valence-electron chi connectivity index (χ2n) is 4.77. The van der Waals surface area contributed by atoms with E-state index in [4.69, 9.17) is 25.9 Å². The molecule has 1 unspecified atom stereocenters. The molecule has 0 fully saturated rings. The minimum absolute atomic E-state index is 0.161. The van der Waals surface area contributed by atoms with Crippen molar-refractivity contribution in [2.75, 3.05) is 6.54 Å². The minimum atomic E-state index is -3.79. The lowest BCUT2D eigenvalue weighted by atomic mass is 10.0. The van der Waals surface area contributed by atoms with E-state index in [2.05, 4.69) is 0 Å². The van der Waals surface area contributed by atoms with E-state index < -0.39 is 8.80 Å². The predicted molar refractivity (Wildman–Crippen MR) is 71.2 cm³/mol. The maximum Gasteiger partial charge on any atom is 0.492 e. The Kier molecular flexibility index (Phi) is 10.00. The number of unbranched alkanes of at least 4 members (excludes halogenated alkanes) is 5. The summed E-state index contributed by atoms with van der Waals surface area (Å²) in [6.07, 6.45) is 8.11. The summed E-state index contributed by atoms with van der Waals surface area (Å²) in [5.74, 6) is 0. The maximum absolute atomic E-state index is 8.80. The van der Waals surface area contributed by atoms with Crippen LogP contribution in [0.2, 0.25) is 6.04 Å². The molecule has 6 heteroatoms. The van der Waals surface area contributed by atoms with Crippen molar-refractivity contribution in [3.05, 3.63) is 0 Å². The summed E-state index contributed by atoms with van der Waals surface area (Å²) in [6.45, 7) is 0.663. The van der Waals surface area contributed by atoms with Crippen molar-refractivity contribution >= 4 is 8.80 Å². The fraction of sp³-hybridized carbons (Fsp3) is 1.00. The average molecular weight is 264 g/mol. The van der Waals surface area contributed by atoms with Gasteiger partial charge in [0.25, 0.3) is 0 Å². The van der Waals surface area contributed by atoms with Gasteiger partial charge in [0.2, 0.25) is 0 Å². The van der Waals surface area contributed by atoms with E-state index in [0.717, 1.165) is 44.9 Å². The van der Waals surface area contributed by atoms with Crippen LogP contribution < -0.4 is 11.5 Å². The molecule has 0 amide bonds. The van der Waals surface area contributed by atoms with Crippen LogP contribution in [0.1, 0.15) is 51.4 Å². The Morgan fingerprint density at radius 1 is 0.824 bits per heavy atom. The zero-order valence-corrected chi connectivity index (χ0v) is 11.6. The van der Waals surface area contributed by atoms with Crippen LogP contribution in [0.4, 0.5) is 0 Å². The van der Waals surface area contributed by atoms with Gasteiger partial charge < -0.3 is 25.9 Å². The lowest BCUT2D eigenvalue weighted by Crippen LogP contribution is -2.33. The Hall–Kier alpha value is 0.0169. The van der Waals surface area contributed by atoms with Crippen LogP contribution >= 0.6 is 0 Å². The van der Waals surface area contributed by atoms with Crippen LogP contribution in [0.3, 0.4) is 0 Å². The Morgan fingerprint density at radius 3 is 1.88 bits per heavy atom. The van der Waals surface area contributed by atoms with Gasteiger partial charge in [-0.15, -0.1) is 0 Å². The molecular formula is C11H28N2O3Si. The molecule has 1 atom stereocenters. The fourth-order valence-corrected chi connectivity index (χ4v) is 2.56. The molecule has 0 spiro atoms. The Labute approximate surface area is 105 Å². The molecule has 0 aromatic heterocycles. The van der Waals surface area contributed by atoms with E-state index >= 15 is 0 Å². The van der Waals surface area contributed by atoms with Crippen LogP contribution in [0.25, 0.3) is 0 Å². The Morgan fingerprint density at radius 2 is 1.35 bits per heavy atom. The minimum Gasteiger partial charge on any atom is -0.390 e. The standard InChI is InChI=1S/C11H28N2O3Si/c12-9-8-11(13)7-5-3-1-2-4-6-10-17(14,15)16/h11,14-16H,1-10,12-13H2. The van der Waals surface area contributed by atoms with E-state index in [1.165, 1.54) is 0 Å². The number of hydrogen-bond acceptors (Lipinski definition) is 5. The summed E-state index contributed by atoms with van der Waals surface area (Å²) in [7, 11) is -3.79. The quantitative estimate of drug-likeness (QED) is 0.272. The third kappa shape index (κ3) is 14.0. The molecule has 0 aliphatic rings. The second-order valence-corrected chi connectivity index (χ2v) is 6.82. The van der Waals surface area contributed by atoms with E-state index in [1.54, 1.807) is 0 Å². The summed E-state index contributed by atoms with van der Waals surface area (Å²) >= 11 is 0. The number of rotatable bonds is 11. The van der Waals surface area contributed by atoms with Gasteiger partial charge in [-0.25, -0.2) is 0 Å². The van der Waals surface area contributed by atoms with Crippen molar-refractivity contribution in [2.45, 2.75) is 63.5 Å². The second kappa shape index (κ2) is 9.99. The molecule has 0 bridgehead atoms. The van der Waals surface area contributed by atoms with Crippen LogP contribution in [-0.4, -0.2) is 35.8 Å². The first-order valence-electron chi connectivity index (χ1n) is 6.58. The lowest BCUT2D eigenvalue weighted by molar-refractivity contribution is 0.226. The van der Waals surface area contributed by atoms with Crippen molar-refractivity contribution in [1.29, 1.82) is 0 Å². The number of nitrogens with two attached hydrogens (primary N) is 2. The van der Waals surface area contributed by atoms with Gasteiger partial charge in [0.05, 0.1) is 0 Å². The molecule has 0 aromatic carbocycles. The van der Waals surface area contributed by atoms with Gasteiger partial charge >= 0.3 is 8.80 Å². The zero-order chi connectivity index (χ0) is 13.1. The average Bonchev–Trinajstić information content (AvgIpc) is 2.21. The molecule has 0 saturated carbocycles. The van der Waals surface area contributed by atoms with Crippen LogP contribution in [0.5, 0.6) is 0 Å². The van der Waals surface area contributed by atoms with Gasteiger partial charge in [0.1, 0.15) is 0 Å². The number of hydrogen-bond donors (Lipinski definition) is 5. The molecule has 7 N–H and O–H groups in total. The van der Waals surface area contributed by atoms with Gasteiger partial charge in [-0.3, -0.25) is 0 Å². The van der Waals surface area contributed by atoms with Gasteiger partial charge in [0.15, 0.2) is 0 Å². The van der Waals surface area contributed by atoms with Crippen LogP contribution in [0, 0.1) is 0 Å². The monoisotopic (exact) mass is 264 g/mol. The summed E-state index contributed by atoms with van der Waals surface area (Å²) in [5, 5.41) is 0. The highest BCUT2D eigenvalue weighted by Crippen LogP contribution is 2.12. The zero-order valence-electron chi connectivity index (χ0n) is 10.6. The molecule has 0 rings (SSSR count). The van der Waals surface area contributed by atoms with Crippen LogP contribution in [0.15, 0.2) is 0 Å². The highest BCUT2D eigenvalue weighted by atomic mass is 28.4. The predicted octanol–water partition coefficient (Wildman–Crippen LogP) is 0.309. The molecule has 0 aliphatic heterocycles. The van der Waals surface area contributed by atoms with Gasteiger partial charge in [-0.2, -0.15) is 0 Å². The Bertz CT molecular complexity index is 177. The third-order valence-electron chi connectivity index (χ3n) is 2.87. The largest absolute Gasteiger partial charge is 0.492 e. The highest BCUT2D eigenvalue weighted by Gasteiger charge is 2.25. The first kappa shape index (κ1) is 17.0. The Balaban J connectivity index is 3.14. The molecule has 0 aliphatic carbocycles. The molecule has 17 heavy (non-hydrogen) atoms. The van der Waals surface area contributed by atoms with Crippen molar-refractivity contribution in [3.8, 4) is 0 Å². The molecular weight excluding hydrogens is 236 g/mol. The molecule has 0 aromatic rings. The maximum atomic E-state index is 8.80. The molecule has 0 radical (unpaired) electrons. The molecule has 104 valence electrons. The normalized spacial score (nSPS) is 13.9. The molecule has 0 heterocycles. The van der Waals surface area contributed by atoms with Gasteiger partial charge in [-0.1, -0.05) is 32.1 Å². The third-order valence-corrected chi connectivity index (χ3v) is 3.90. The van der Waals surface area contributed by atoms with Crippen molar-refractivity contribution in [1.82, 2.24) is 0 Å². The van der Waals surface area contributed by atoms with E-state index in [9.17, 15) is 0 Å². The van der Waals surface area contributed by atoms with Crippen molar-refractivity contribution in [2.24, 2.45) is 11.5 Å². The SMILES string of the molecule is NCCC(N)CCCCCCCC[Si](O)(O)O. The first-order valence-corrected chi connectivity index (χ1v) is 8.63. The van der Waals surface area contributed by atoms with E-state index in [1.807, 2.05) is 0 Å². The van der Waals surface area contributed by atoms with Crippen LogP contribution in [-0.2, 0) is 0 Å². The molecule has 5 nitrogen and oxygen atoms in total. The van der Waals surface area contributed by atoms with Crippen molar-refractivity contribution < 1.29 is 14.4 Å². The lowest BCUT2D eigenvalue weighted by Gasteiger charge is -2.10. The summed E-state index contributed by atoms with van der Waals surface area (Å²) in [5.41, 5.74) is 11.2. The first-order chi connectivity index (χ1) is 7.95. The van der Waals surface area contributed by atoms with E-state index in [0.29, 0.717) is 13.0 Å². The highest BCUT2D eigenvalue weighted by molar-refractivity contribution is 6.56. The molecule has 0 saturated heterocycles. The van der Waals surface area contributed by atoms with E-state index in [-0.39, 0.29) is 12.1 Å². The topological polar surface area (TPSA) is 113 Å². The fourth-order valence-electron chi connectivity index (χ4n) is 1.83. The smallest absolute Gasteiger partial charge is 0.390 e. The summed E-state index contributed by atoms with van der Waals surface area (Å²) < 4.78 is 0. The summed E-state index contributed by atoms with van der Waals surface area (Å²) in [4.78, 5) is 26.4. The van der Waals surface area contributed by atoms with Gasteiger partial charge in [0, 0.05) is 12.1 Å². The van der Waals surface area contributed by atoms with Crippen molar-refractivity contribution in [3.63, 3.8) is 0 Å². The van der Waals surface area contributed by atoms with Gasteiger partial charge in [-0.05, 0) is 25.8 Å².